The number of benzene rings is 2. The molecule has 1 amide bonds. The third kappa shape index (κ3) is 3.00. The van der Waals surface area contributed by atoms with Crippen molar-refractivity contribution in [1.29, 1.82) is 0 Å². The van der Waals surface area contributed by atoms with Crippen molar-refractivity contribution in [2.45, 2.75) is 0 Å². The molecule has 1 N–H and O–H groups in total. The van der Waals surface area contributed by atoms with E-state index >= 15 is 0 Å². The van der Waals surface area contributed by atoms with Crippen molar-refractivity contribution in [3.8, 4) is 0 Å². The molecule has 106 valence electrons. The molecule has 0 saturated heterocycles. The first-order chi connectivity index (χ1) is 10.0. The molecule has 6 heteroatoms. The van der Waals surface area contributed by atoms with Gasteiger partial charge >= 0.3 is 0 Å². The van der Waals surface area contributed by atoms with Gasteiger partial charge in [-0.05, 0) is 42.5 Å². The zero-order chi connectivity index (χ0) is 15.0. The van der Waals surface area contributed by atoms with E-state index in [0.29, 0.717) is 26.3 Å². The number of amides is 1. The van der Waals surface area contributed by atoms with E-state index in [4.69, 9.17) is 39.2 Å². The molecule has 0 radical (unpaired) electrons. The molecule has 0 fully saturated rings. The van der Waals surface area contributed by atoms with Gasteiger partial charge in [0.1, 0.15) is 5.58 Å². The van der Waals surface area contributed by atoms with Gasteiger partial charge in [0.05, 0.1) is 10.7 Å². The highest BCUT2D eigenvalue weighted by molar-refractivity contribution is 6.36. The predicted molar refractivity (Wildman–Crippen MR) is 85.6 cm³/mol. The average Bonchev–Trinajstić information content (AvgIpc) is 2.86. The molecule has 0 atom stereocenters. The van der Waals surface area contributed by atoms with Gasteiger partial charge in [0.15, 0.2) is 5.76 Å². The van der Waals surface area contributed by atoms with Crippen molar-refractivity contribution in [3.63, 3.8) is 0 Å². The van der Waals surface area contributed by atoms with Gasteiger partial charge in [0.25, 0.3) is 5.91 Å². The Bertz CT molecular complexity index is 842. The van der Waals surface area contributed by atoms with Crippen LogP contribution in [-0.4, -0.2) is 5.91 Å². The number of furan rings is 1. The maximum Gasteiger partial charge on any atom is 0.291 e. The predicted octanol–water partition coefficient (Wildman–Crippen LogP) is 5.65. The number of rotatable bonds is 2. The van der Waals surface area contributed by atoms with Crippen molar-refractivity contribution < 1.29 is 9.21 Å². The first-order valence-corrected chi connectivity index (χ1v) is 7.12. The first-order valence-electron chi connectivity index (χ1n) is 5.98. The van der Waals surface area contributed by atoms with E-state index < -0.39 is 5.91 Å². The summed E-state index contributed by atoms with van der Waals surface area (Å²) in [5.41, 5.74) is 1.01. The van der Waals surface area contributed by atoms with E-state index in [0.717, 1.165) is 5.39 Å². The molecular formula is C15H8Cl3NO2. The van der Waals surface area contributed by atoms with Crippen molar-refractivity contribution >= 4 is 57.4 Å². The third-order valence-corrected chi connectivity index (χ3v) is 3.68. The molecule has 1 aromatic heterocycles. The highest BCUT2D eigenvalue weighted by Gasteiger charge is 2.14. The Morgan fingerprint density at radius 3 is 2.48 bits per heavy atom. The van der Waals surface area contributed by atoms with Crippen LogP contribution in [0.2, 0.25) is 15.1 Å². The molecule has 3 nitrogen and oxygen atoms in total. The second-order valence-electron chi connectivity index (χ2n) is 4.37. The first kappa shape index (κ1) is 14.3. The number of hydrogen-bond acceptors (Lipinski definition) is 2. The SMILES string of the molecule is O=C(Nc1cc(Cl)ccc1Cl)c1cc2cc(Cl)ccc2o1. The minimum atomic E-state index is -0.411. The van der Waals surface area contributed by atoms with Crippen molar-refractivity contribution in [1.82, 2.24) is 0 Å². The molecule has 0 aliphatic rings. The average molecular weight is 341 g/mol. The molecule has 0 aliphatic carbocycles. The molecule has 0 saturated carbocycles. The van der Waals surface area contributed by atoms with Crippen LogP contribution in [0.25, 0.3) is 11.0 Å². The largest absolute Gasteiger partial charge is 0.451 e. The number of nitrogens with one attached hydrogen (secondary N) is 1. The zero-order valence-corrected chi connectivity index (χ0v) is 12.8. The van der Waals surface area contributed by atoms with E-state index in [-0.39, 0.29) is 5.76 Å². The Morgan fingerprint density at radius 2 is 1.67 bits per heavy atom. The van der Waals surface area contributed by atoms with Crippen LogP contribution >= 0.6 is 34.8 Å². The number of carbonyl (C=O) groups is 1. The Morgan fingerprint density at radius 1 is 0.952 bits per heavy atom. The van der Waals surface area contributed by atoms with Crippen LogP contribution in [0.15, 0.2) is 46.9 Å². The van der Waals surface area contributed by atoms with Crippen LogP contribution in [0.1, 0.15) is 10.6 Å². The van der Waals surface area contributed by atoms with Gasteiger partial charge in [0.2, 0.25) is 0 Å². The van der Waals surface area contributed by atoms with Crippen molar-refractivity contribution in [3.05, 3.63) is 63.3 Å². The fourth-order valence-corrected chi connectivity index (χ4v) is 2.42. The topological polar surface area (TPSA) is 42.2 Å². The highest BCUT2D eigenvalue weighted by atomic mass is 35.5. The summed E-state index contributed by atoms with van der Waals surface area (Å²) >= 11 is 17.8. The van der Waals surface area contributed by atoms with E-state index in [2.05, 4.69) is 5.32 Å². The summed E-state index contributed by atoms with van der Waals surface area (Å²) in [5.74, 6) is -0.241. The van der Waals surface area contributed by atoms with Crippen LogP contribution in [0.3, 0.4) is 0 Å². The lowest BCUT2D eigenvalue weighted by Gasteiger charge is -2.05. The van der Waals surface area contributed by atoms with Crippen LogP contribution in [-0.2, 0) is 0 Å². The zero-order valence-electron chi connectivity index (χ0n) is 10.5. The quantitative estimate of drug-likeness (QED) is 0.655. The molecular weight excluding hydrogens is 333 g/mol. The summed E-state index contributed by atoms with van der Waals surface area (Å²) in [5, 5.41) is 4.87. The summed E-state index contributed by atoms with van der Waals surface area (Å²) < 4.78 is 5.48. The minimum Gasteiger partial charge on any atom is -0.451 e. The maximum atomic E-state index is 12.2. The third-order valence-electron chi connectivity index (χ3n) is 2.88. The number of fused-ring (bicyclic) bond motifs is 1. The normalized spacial score (nSPS) is 10.8. The molecule has 0 spiro atoms. The van der Waals surface area contributed by atoms with Gasteiger partial charge in [-0.2, -0.15) is 0 Å². The summed E-state index contributed by atoms with van der Waals surface area (Å²) in [4.78, 5) is 12.2. The smallest absolute Gasteiger partial charge is 0.291 e. The molecule has 0 aliphatic heterocycles. The van der Waals surface area contributed by atoms with E-state index in [1.54, 1.807) is 42.5 Å². The molecule has 1 heterocycles. The second kappa shape index (κ2) is 5.60. The van der Waals surface area contributed by atoms with Crippen LogP contribution in [0.5, 0.6) is 0 Å². The fourth-order valence-electron chi connectivity index (χ4n) is 1.90. The van der Waals surface area contributed by atoms with Gasteiger partial charge in [-0.15, -0.1) is 0 Å². The highest BCUT2D eigenvalue weighted by Crippen LogP contribution is 2.27. The number of anilines is 1. The lowest BCUT2D eigenvalue weighted by Crippen LogP contribution is -2.11. The Balaban J connectivity index is 1.91. The number of hydrogen-bond donors (Lipinski definition) is 1. The van der Waals surface area contributed by atoms with Crippen LogP contribution in [0, 0.1) is 0 Å². The second-order valence-corrected chi connectivity index (χ2v) is 5.65. The fraction of sp³-hybridized carbons (Fsp3) is 0. The Hall–Kier alpha value is -1.68. The molecule has 3 rings (SSSR count). The standard InChI is InChI=1S/C15H8Cl3NO2/c16-9-2-4-13-8(5-9)6-14(21-13)15(20)19-12-7-10(17)1-3-11(12)18/h1-7H,(H,19,20). The van der Waals surface area contributed by atoms with E-state index in [9.17, 15) is 4.79 Å². The lowest BCUT2D eigenvalue weighted by molar-refractivity contribution is 0.0998. The monoisotopic (exact) mass is 339 g/mol. The van der Waals surface area contributed by atoms with Crippen molar-refractivity contribution in [2.24, 2.45) is 0 Å². The van der Waals surface area contributed by atoms with Crippen LogP contribution < -0.4 is 5.32 Å². The summed E-state index contributed by atoms with van der Waals surface area (Å²) in [6.45, 7) is 0. The molecule has 21 heavy (non-hydrogen) atoms. The van der Waals surface area contributed by atoms with E-state index in [1.165, 1.54) is 0 Å². The lowest BCUT2D eigenvalue weighted by atomic mass is 10.2. The van der Waals surface area contributed by atoms with Crippen molar-refractivity contribution in [2.75, 3.05) is 5.32 Å². The van der Waals surface area contributed by atoms with E-state index in [1.807, 2.05) is 0 Å². The number of halogens is 3. The summed E-state index contributed by atoms with van der Waals surface area (Å²) in [7, 11) is 0. The van der Waals surface area contributed by atoms with Gasteiger partial charge in [-0.3, -0.25) is 4.79 Å². The number of carbonyl (C=O) groups excluding carboxylic acids is 1. The maximum absolute atomic E-state index is 12.2. The molecule has 3 aromatic rings. The molecule has 0 unspecified atom stereocenters. The van der Waals surface area contributed by atoms with Gasteiger partial charge in [-0.1, -0.05) is 34.8 Å². The Labute approximate surface area is 135 Å². The molecule has 0 bridgehead atoms. The van der Waals surface area contributed by atoms with Gasteiger partial charge in [-0.25, -0.2) is 0 Å². The molecule has 2 aromatic carbocycles. The Kier molecular flexibility index (Phi) is 3.81. The summed E-state index contributed by atoms with van der Waals surface area (Å²) in [6, 6.07) is 11.6. The van der Waals surface area contributed by atoms with Gasteiger partial charge < -0.3 is 9.73 Å². The minimum absolute atomic E-state index is 0.170. The van der Waals surface area contributed by atoms with Gasteiger partial charge in [0, 0.05) is 15.4 Å². The summed E-state index contributed by atoms with van der Waals surface area (Å²) in [6.07, 6.45) is 0. The van der Waals surface area contributed by atoms with Crippen LogP contribution in [0.4, 0.5) is 5.69 Å².